The summed E-state index contributed by atoms with van der Waals surface area (Å²) in [5.74, 6) is 0. The first kappa shape index (κ1) is 12.1. The summed E-state index contributed by atoms with van der Waals surface area (Å²) >= 11 is 0. The van der Waals surface area contributed by atoms with E-state index in [2.05, 4.69) is 33.6 Å². The third kappa shape index (κ3) is 2.15. The van der Waals surface area contributed by atoms with Crippen LogP contribution in [0.15, 0.2) is 12.4 Å². The fraction of sp³-hybridized carbons (Fsp3) is 0.714. The molecule has 3 rings (SSSR count). The van der Waals surface area contributed by atoms with Crippen LogP contribution in [0, 0.1) is 6.92 Å². The maximum Gasteiger partial charge on any atom is 0.0727 e. The Bertz CT molecular complexity index is 402. The summed E-state index contributed by atoms with van der Waals surface area (Å²) in [5, 5.41) is 0. The summed E-state index contributed by atoms with van der Waals surface area (Å²) in [5.41, 5.74) is 2.10. The molecule has 3 heterocycles. The Morgan fingerprint density at radius 2 is 1.94 bits per heavy atom. The van der Waals surface area contributed by atoms with Crippen LogP contribution in [-0.2, 0) is 6.54 Å². The van der Waals surface area contributed by atoms with Gasteiger partial charge in [0, 0.05) is 50.2 Å². The molecule has 2 unspecified atom stereocenters. The van der Waals surface area contributed by atoms with Crippen molar-refractivity contribution in [2.75, 3.05) is 13.1 Å². The van der Waals surface area contributed by atoms with E-state index >= 15 is 0 Å². The summed E-state index contributed by atoms with van der Waals surface area (Å²) in [7, 11) is 0. The van der Waals surface area contributed by atoms with Crippen LogP contribution in [0.3, 0.4) is 0 Å². The van der Waals surface area contributed by atoms with Crippen molar-refractivity contribution in [3.63, 3.8) is 0 Å². The van der Waals surface area contributed by atoms with Crippen molar-refractivity contribution in [3.8, 4) is 0 Å². The number of piperidine rings is 1. The van der Waals surface area contributed by atoms with Gasteiger partial charge in [-0.3, -0.25) is 19.8 Å². The van der Waals surface area contributed by atoms with E-state index in [9.17, 15) is 0 Å². The Morgan fingerprint density at radius 1 is 1.22 bits per heavy atom. The number of nitrogens with zero attached hydrogens (tertiary/aromatic N) is 4. The van der Waals surface area contributed by atoms with Gasteiger partial charge in [-0.2, -0.15) is 0 Å². The molecule has 0 aromatic carbocycles. The van der Waals surface area contributed by atoms with Crippen LogP contribution in [0.5, 0.6) is 0 Å². The Labute approximate surface area is 109 Å². The average Bonchev–Trinajstić information content (AvgIpc) is 2.38. The molecule has 0 N–H and O–H groups in total. The molecule has 18 heavy (non-hydrogen) atoms. The first-order valence-corrected chi connectivity index (χ1v) is 6.91. The van der Waals surface area contributed by atoms with E-state index in [-0.39, 0.29) is 0 Å². The second-order valence-electron chi connectivity index (χ2n) is 5.91. The standard InChI is InChI=1S/C14H22N4/c1-10(2)17-8-13-4-14(9-17)18(13)7-12-6-15-11(3)5-16-12/h5-6,10,13-14H,4,7-9H2,1-3H3. The first-order valence-electron chi connectivity index (χ1n) is 6.91. The highest BCUT2D eigenvalue weighted by Crippen LogP contribution is 2.34. The zero-order chi connectivity index (χ0) is 12.7. The summed E-state index contributed by atoms with van der Waals surface area (Å²) in [6.07, 6.45) is 5.15. The van der Waals surface area contributed by atoms with Crippen molar-refractivity contribution in [2.45, 2.75) is 51.9 Å². The number of aromatic nitrogens is 2. The van der Waals surface area contributed by atoms with E-state index in [4.69, 9.17) is 0 Å². The van der Waals surface area contributed by atoms with Crippen molar-refractivity contribution < 1.29 is 0 Å². The van der Waals surface area contributed by atoms with Crippen molar-refractivity contribution >= 4 is 0 Å². The molecular weight excluding hydrogens is 224 g/mol. The van der Waals surface area contributed by atoms with Gasteiger partial charge in [0.25, 0.3) is 0 Å². The third-order valence-corrected chi connectivity index (χ3v) is 4.28. The molecule has 0 aliphatic carbocycles. The zero-order valence-electron chi connectivity index (χ0n) is 11.5. The molecule has 2 saturated heterocycles. The van der Waals surface area contributed by atoms with Crippen LogP contribution in [-0.4, -0.2) is 51.0 Å². The predicted molar refractivity (Wildman–Crippen MR) is 71.2 cm³/mol. The second kappa shape index (κ2) is 4.59. The van der Waals surface area contributed by atoms with Crippen LogP contribution in [0.1, 0.15) is 31.7 Å². The number of hydrogen-bond donors (Lipinski definition) is 0. The summed E-state index contributed by atoms with van der Waals surface area (Å²) in [4.78, 5) is 14.0. The minimum absolute atomic E-state index is 0.677. The van der Waals surface area contributed by atoms with Crippen LogP contribution >= 0.6 is 0 Å². The van der Waals surface area contributed by atoms with Crippen LogP contribution in [0.25, 0.3) is 0 Å². The molecule has 2 fully saturated rings. The summed E-state index contributed by atoms with van der Waals surface area (Å²) in [6, 6.07) is 2.14. The number of aryl methyl sites for hydroxylation is 1. The second-order valence-corrected chi connectivity index (χ2v) is 5.91. The van der Waals surface area contributed by atoms with Gasteiger partial charge < -0.3 is 0 Å². The van der Waals surface area contributed by atoms with Gasteiger partial charge in [-0.1, -0.05) is 0 Å². The molecule has 1 aromatic rings. The highest BCUT2D eigenvalue weighted by molar-refractivity contribution is 5.07. The van der Waals surface area contributed by atoms with Gasteiger partial charge in [0.15, 0.2) is 0 Å². The van der Waals surface area contributed by atoms with Gasteiger partial charge >= 0.3 is 0 Å². The molecule has 4 nitrogen and oxygen atoms in total. The van der Waals surface area contributed by atoms with Gasteiger partial charge in [-0.15, -0.1) is 0 Å². The van der Waals surface area contributed by atoms with Crippen LogP contribution < -0.4 is 0 Å². The average molecular weight is 246 g/mol. The van der Waals surface area contributed by atoms with E-state index in [1.165, 1.54) is 19.5 Å². The third-order valence-electron chi connectivity index (χ3n) is 4.28. The number of likely N-dealkylation sites (tertiary alicyclic amines) is 2. The molecule has 2 aliphatic heterocycles. The lowest BCUT2D eigenvalue weighted by atomic mass is 9.86. The monoisotopic (exact) mass is 246 g/mol. The molecule has 4 heteroatoms. The predicted octanol–water partition coefficient (Wildman–Crippen LogP) is 1.45. The summed E-state index contributed by atoms with van der Waals surface area (Å²) < 4.78 is 0. The van der Waals surface area contributed by atoms with Crippen molar-refractivity contribution in [1.29, 1.82) is 0 Å². The normalized spacial score (nSPS) is 28.4. The quantitative estimate of drug-likeness (QED) is 0.808. The Balaban J connectivity index is 1.62. The number of fused-ring (bicyclic) bond motifs is 2. The number of hydrogen-bond acceptors (Lipinski definition) is 4. The molecule has 2 aliphatic rings. The van der Waals surface area contributed by atoms with Gasteiger partial charge in [-0.05, 0) is 27.2 Å². The van der Waals surface area contributed by atoms with E-state index in [0.717, 1.165) is 30.0 Å². The molecule has 2 atom stereocenters. The minimum atomic E-state index is 0.677. The van der Waals surface area contributed by atoms with Gasteiger partial charge in [0.2, 0.25) is 0 Å². The maximum atomic E-state index is 4.46. The van der Waals surface area contributed by atoms with Gasteiger partial charge in [0.05, 0.1) is 11.4 Å². The molecule has 0 spiro atoms. The van der Waals surface area contributed by atoms with E-state index < -0.39 is 0 Å². The Kier molecular flexibility index (Phi) is 3.08. The highest BCUT2D eigenvalue weighted by atomic mass is 15.4. The zero-order valence-corrected chi connectivity index (χ0v) is 11.5. The smallest absolute Gasteiger partial charge is 0.0727 e. The lowest BCUT2D eigenvalue weighted by molar-refractivity contribution is -0.0841. The molecule has 2 bridgehead atoms. The van der Waals surface area contributed by atoms with Gasteiger partial charge in [0.1, 0.15) is 0 Å². The molecular formula is C14H22N4. The first-order chi connectivity index (χ1) is 8.63. The lowest BCUT2D eigenvalue weighted by Crippen LogP contribution is -2.68. The van der Waals surface area contributed by atoms with Crippen molar-refractivity contribution in [2.24, 2.45) is 0 Å². The van der Waals surface area contributed by atoms with E-state index in [1.54, 1.807) is 0 Å². The van der Waals surface area contributed by atoms with E-state index in [0.29, 0.717) is 6.04 Å². The Hall–Kier alpha value is -1.00. The maximum absolute atomic E-state index is 4.46. The largest absolute Gasteiger partial charge is 0.298 e. The molecule has 1 aromatic heterocycles. The van der Waals surface area contributed by atoms with E-state index in [1.807, 2.05) is 19.3 Å². The fourth-order valence-corrected chi connectivity index (χ4v) is 3.09. The van der Waals surface area contributed by atoms with Crippen LogP contribution in [0.4, 0.5) is 0 Å². The number of piperazine rings is 1. The summed E-state index contributed by atoms with van der Waals surface area (Å²) in [6.45, 7) is 9.96. The topological polar surface area (TPSA) is 32.3 Å². The lowest BCUT2D eigenvalue weighted by Gasteiger charge is -2.57. The van der Waals surface area contributed by atoms with Crippen molar-refractivity contribution in [1.82, 2.24) is 19.8 Å². The fourth-order valence-electron chi connectivity index (χ4n) is 3.09. The number of rotatable bonds is 3. The highest BCUT2D eigenvalue weighted by Gasteiger charge is 2.44. The SMILES string of the molecule is Cc1cnc(CN2C3CC2CN(C(C)C)C3)cn1. The molecule has 0 amide bonds. The van der Waals surface area contributed by atoms with Crippen molar-refractivity contribution in [3.05, 3.63) is 23.8 Å². The van der Waals surface area contributed by atoms with Gasteiger partial charge in [-0.25, -0.2) is 0 Å². The minimum Gasteiger partial charge on any atom is -0.298 e. The molecule has 0 saturated carbocycles. The van der Waals surface area contributed by atoms with Crippen LogP contribution in [0.2, 0.25) is 0 Å². The molecule has 98 valence electrons. The Morgan fingerprint density at radius 3 is 2.50 bits per heavy atom. The molecule has 0 radical (unpaired) electrons.